The van der Waals surface area contributed by atoms with E-state index in [1.54, 1.807) is 45.2 Å². The quantitative estimate of drug-likeness (QED) is 0.683. The molecule has 3 rings (SSSR count). The van der Waals surface area contributed by atoms with Crippen LogP contribution < -0.4 is 10.5 Å². The third-order valence-electron chi connectivity index (χ3n) is 3.25. The molecule has 130 valence electrons. The lowest BCUT2D eigenvalue weighted by molar-refractivity contribution is 0.0371. The lowest BCUT2D eigenvalue weighted by Gasteiger charge is -2.09. The predicted molar refractivity (Wildman–Crippen MR) is 86.2 cm³/mol. The largest absolute Gasteiger partial charge is 0.497 e. The molecule has 0 fully saturated rings. The second-order valence-corrected chi connectivity index (χ2v) is 5.36. The van der Waals surface area contributed by atoms with Crippen LogP contribution in [0.5, 0.6) is 5.75 Å². The van der Waals surface area contributed by atoms with Gasteiger partial charge in [0.15, 0.2) is 5.69 Å². The Morgan fingerprint density at radius 2 is 2.12 bits per heavy atom. The Bertz CT molecular complexity index is 901. The second-order valence-electron chi connectivity index (χ2n) is 5.36. The molecule has 0 spiro atoms. The average Bonchev–Trinajstić information content (AvgIpc) is 3.20. The smallest absolute Gasteiger partial charge is 0.361 e. The van der Waals surface area contributed by atoms with Crippen molar-refractivity contribution in [2.24, 2.45) is 0 Å². The van der Waals surface area contributed by atoms with Gasteiger partial charge >= 0.3 is 5.97 Å². The first-order chi connectivity index (χ1) is 12.0. The van der Waals surface area contributed by atoms with Gasteiger partial charge in [-0.1, -0.05) is 17.3 Å². The minimum Gasteiger partial charge on any atom is -0.497 e. The molecule has 0 radical (unpaired) electrons. The molecule has 0 aliphatic heterocycles. The number of nitrogens with two attached hydrogens (primary N) is 1. The van der Waals surface area contributed by atoms with Crippen LogP contribution in [-0.2, 0) is 4.74 Å². The van der Waals surface area contributed by atoms with Crippen molar-refractivity contribution < 1.29 is 18.9 Å². The molecule has 2 heterocycles. The van der Waals surface area contributed by atoms with E-state index < -0.39 is 5.97 Å². The van der Waals surface area contributed by atoms with Crippen LogP contribution in [0, 0.1) is 0 Å². The fourth-order valence-electron chi connectivity index (χ4n) is 2.20. The molecule has 3 aromatic rings. The van der Waals surface area contributed by atoms with Crippen molar-refractivity contribution in [2.45, 2.75) is 20.0 Å². The van der Waals surface area contributed by atoms with Crippen molar-refractivity contribution in [3.8, 4) is 22.8 Å². The van der Waals surface area contributed by atoms with E-state index in [0.717, 1.165) is 0 Å². The molecule has 2 N–H and O–H groups in total. The average molecular weight is 344 g/mol. The van der Waals surface area contributed by atoms with Gasteiger partial charge in [-0.25, -0.2) is 9.42 Å². The lowest BCUT2D eigenvalue weighted by Crippen LogP contribution is -2.13. The highest BCUT2D eigenvalue weighted by Gasteiger charge is 2.26. The zero-order chi connectivity index (χ0) is 18.0. The number of nitrogens with zero attached hydrogens (tertiary/aromatic N) is 5. The van der Waals surface area contributed by atoms with E-state index in [1.165, 1.54) is 4.68 Å². The fourth-order valence-corrected chi connectivity index (χ4v) is 2.20. The van der Waals surface area contributed by atoms with Crippen LogP contribution in [0.15, 0.2) is 28.9 Å². The zero-order valence-electron chi connectivity index (χ0n) is 13.8. The normalized spacial score (nSPS) is 10.9. The molecule has 0 atom stereocenters. The summed E-state index contributed by atoms with van der Waals surface area (Å²) in [7, 11) is 1.54. The first-order valence-electron chi connectivity index (χ1n) is 7.40. The highest BCUT2D eigenvalue weighted by Crippen LogP contribution is 2.29. The molecule has 0 saturated carbocycles. The topological polar surface area (TPSA) is 131 Å². The highest BCUT2D eigenvalue weighted by atomic mass is 16.6. The number of esters is 1. The molecular weight excluding hydrogens is 328 g/mol. The van der Waals surface area contributed by atoms with Gasteiger partial charge in [0, 0.05) is 5.56 Å². The van der Waals surface area contributed by atoms with Crippen molar-refractivity contribution in [3.05, 3.63) is 30.0 Å². The number of hydrogen-bond acceptors (Lipinski definition) is 9. The summed E-state index contributed by atoms with van der Waals surface area (Å²) >= 11 is 0. The maximum atomic E-state index is 12.4. The molecular formula is C15H16N6O4. The molecule has 2 aromatic heterocycles. The van der Waals surface area contributed by atoms with Crippen LogP contribution in [0.3, 0.4) is 0 Å². The van der Waals surface area contributed by atoms with Gasteiger partial charge in [0.05, 0.1) is 13.2 Å². The van der Waals surface area contributed by atoms with Crippen LogP contribution in [0.4, 0.5) is 5.82 Å². The van der Waals surface area contributed by atoms with Crippen molar-refractivity contribution >= 4 is 11.8 Å². The molecule has 0 saturated heterocycles. The lowest BCUT2D eigenvalue weighted by atomic mass is 10.1. The fraction of sp³-hybridized carbons (Fsp3) is 0.267. The van der Waals surface area contributed by atoms with Crippen LogP contribution in [-0.4, -0.2) is 44.5 Å². The number of ether oxygens (including phenoxy) is 2. The zero-order valence-corrected chi connectivity index (χ0v) is 13.8. The number of nitrogen functional groups attached to an aromatic ring is 1. The standard InChI is InChI=1S/C15H16N6O4/c1-8(2)24-15(22)11-12(9-5-4-6-10(7-9)23-3)21(20-17-11)14-13(16)18-25-19-14/h4-8H,1-3H3,(H2,16,18). The Morgan fingerprint density at radius 3 is 2.76 bits per heavy atom. The van der Waals surface area contributed by atoms with E-state index in [-0.39, 0.29) is 23.4 Å². The summed E-state index contributed by atoms with van der Waals surface area (Å²) in [6.07, 6.45) is -0.311. The summed E-state index contributed by atoms with van der Waals surface area (Å²) in [5.74, 6) is 0.112. The SMILES string of the molecule is COc1cccc(-c2c(C(=O)OC(C)C)nnn2-c2nonc2N)c1. The van der Waals surface area contributed by atoms with E-state index in [1.807, 2.05) is 0 Å². The molecule has 0 aliphatic carbocycles. The second kappa shape index (κ2) is 6.59. The van der Waals surface area contributed by atoms with Crippen LogP contribution in [0.2, 0.25) is 0 Å². The molecule has 0 unspecified atom stereocenters. The van der Waals surface area contributed by atoms with E-state index in [0.29, 0.717) is 17.0 Å². The molecule has 0 amide bonds. The van der Waals surface area contributed by atoms with E-state index in [9.17, 15) is 4.79 Å². The van der Waals surface area contributed by atoms with Crippen molar-refractivity contribution in [1.29, 1.82) is 0 Å². The van der Waals surface area contributed by atoms with Crippen molar-refractivity contribution in [1.82, 2.24) is 25.3 Å². The summed E-state index contributed by atoms with van der Waals surface area (Å²) in [4.78, 5) is 12.4. The summed E-state index contributed by atoms with van der Waals surface area (Å²) < 4.78 is 16.4. The number of carbonyl (C=O) groups is 1. The number of carbonyl (C=O) groups excluding carboxylic acids is 1. The number of aromatic nitrogens is 5. The van der Waals surface area contributed by atoms with Gasteiger partial charge in [-0.3, -0.25) is 0 Å². The number of anilines is 1. The Kier molecular flexibility index (Phi) is 4.33. The first-order valence-corrected chi connectivity index (χ1v) is 7.40. The Morgan fingerprint density at radius 1 is 1.32 bits per heavy atom. The number of hydrogen-bond donors (Lipinski definition) is 1. The van der Waals surface area contributed by atoms with E-state index in [4.69, 9.17) is 15.2 Å². The predicted octanol–water partition coefficient (Wildman–Crippen LogP) is 1.47. The van der Waals surface area contributed by atoms with E-state index in [2.05, 4.69) is 25.3 Å². The Hall–Kier alpha value is -3.43. The summed E-state index contributed by atoms with van der Waals surface area (Å²) in [5.41, 5.74) is 6.72. The van der Waals surface area contributed by atoms with Gasteiger partial charge in [0.1, 0.15) is 11.4 Å². The van der Waals surface area contributed by atoms with Crippen LogP contribution in [0.1, 0.15) is 24.3 Å². The minimum atomic E-state index is -0.617. The van der Waals surface area contributed by atoms with Gasteiger partial charge in [0.25, 0.3) is 0 Å². The maximum absolute atomic E-state index is 12.4. The Balaban J connectivity index is 2.19. The highest BCUT2D eigenvalue weighted by molar-refractivity contribution is 5.94. The summed E-state index contributed by atoms with van der Waals surface area (Å²) in [6.45, 7) is 3.49. The van der Waals surface area contributed by atoms with Crippen molar-refractivity contribution in [2.75, 3.05) is 12.8 Å². The molecule has 0 bridgehead atoms. The van der Waals surface area contributed by atoms with Gasteiger partial charge in [0.2, 0.25) is 11.6 Å². The Labute approximate surface area is 142 Å². The molecule has 10 nitrogen and oxygen atoms in total. The van der Waals surface area contributed by atoms with Gasteiger partial charge < -0.3 is 15.2 Å². The van der Waals surface area contributed by atoms with Crippen LogP contribution in [0.25, 0.3) is 17.1 Å². The third kappa shape index (κ3) is 3.13. The van der Waals surface area contributed by atoms with Crippen molar-refractivity contribution in [3.63, 3.8) is 0 Å². The monoisotopic (exact) mass is 344 g/mol. The summed E-state index contributed by atoms with van der Waals surface area (Å²) in [6, 6.07) is 7.04. The number of rotatable bonds is 5. The molecule has 25 heavy (non-hydrogen) atoms. The van der Waals surface area contributed by atoms with Crippen LogP contribution >= 0.6 is 0 Å². The summed E-state index contributed by atoms with van der Waals surface area (Å²) in [5, 5.41) is 15.1. The minimum absolute atomic E-state index is 0.0119. The molecule has 0 aliphatic rings. The molecule has 10 heteroatoms. The molecule has 1 aromatic carbocycles. The van der Waals surface area contributed by atoms with Gasteiger partial charge in [-0.05, 0) is 36.3 Å². The van der Waals surface area contributed by atoms with E-state index >= 15 is 0 Å². The third-order valence-corrected chi connectivity index (χ3v) is 3.25. The van der Waals surface area contributed by atoms with Gasteiger partial charge in [-0.15, -0.1) is 5.10 Å². The number of methoxy groups -OCH3 is 1. The maximum Gasteiger partial charge on any atom is 0.361 e. The first kappa shape index (κ1) is 16.4. The van der Waals surface area contributed by atoms with Gasteiger partial charge in [-0.2, -0.15) is 4.68 Å². The number of benzene rings is 1.